The molecule has 0 fully saturated rings. The molecule has 0 bridgehead atoms. The second-order valence-electron chi connectivity index (χ2n) is 2.85. The van der Waals surface area contributed by atoms with Crippen molar-refractivity contribution < 1.29 is 0 Å². The van der Waals surface area contributed by atoms with Crippen LogP contribution in [0.2, 0.25) is 0 Å². The molecule has 0 N–H and O–H groups in total. The molecule has 0 saturated carbocycles. The van der Waals surface area contributed by atoms with E-state index in [0.29, 0.717) is 0 Å². The van der Waals surface area contributed by atoms with E-state index >= 15 is 0 Å². The van der Waals surface area contributed by atoms with Crippen LogP contribution < -0.4 is 0 Å². The van der Waals surface area contributed by atoms with Gasteiger partial charge in [0, 0.05) is 4.83 Å². The third-order valence-corrected chi connectivity index (χ3v) is 3.61. The third-order valence-electron chi connectivity index (χ3n) is 1.81. The second kappa shape index (κ2) is 8.92. The van der Waals surface area contributed by atoms with Gasteiger partial charge in [-0.25, -0.2) is 0 Å². The van der Waals surface area contributed by atoms with Gasteiger partial charge in [0.25, 0.3) is 0 Å². The summed E-state index contributed by atoms with van der Waals surface area (Å²) in [7, 11) is 0. The monoisotopic (exact) mass is 238 g/mol. The normalized spacial score (nSPS) is 13.4. The fourth-order valence-electron chi connectivity index (χ4n) is 0.993. The summed E-state index contributed by atoms with van der Waals surface area (Å²) in [6.07, 6.45) is 8.99. The molecule has 1 atom stereocenters. The molecule has 0 rings (SSSR count). The largest absolute Gasteiger partial charge is 0.165 e. The Morgan fingerprint density at radius 2 is 2.00 bits per heavy atom. The molecule has 0 amide bonds. The van der Waals surface area contributed by atoms with Crippen LogP contribution in [0.15, 0.2) is 0 Å². The molecular formula is C9H19BrS. The summed E-state index contributed by atoms with van der Waals surface area (Å²) in [5.41, 5.74) is 0. The highest BCUT2D eigenvalue weighted by molar-refractivity contribution is 9.09. The van der Waals surface area contributed by atoms with E-state index in [1.54, 1.807) is 0 Å². The Hall–Kier alpha value is 0.830. The van der Waals surface area contributed by atoms with Crippen LogP contribution in [-0.2, 0) is 0 Å². The van der Waals surface area contributed by atoms with E-state index in [-0.39, 0.29) is 0 Å². The number of thioether (sulfide) groups is 1. The SMILES string of the molecule is CCC(Br)CCCCCSC. The smallest absolute Gasteiger partial charge is 0.0143 e. The highest BCUT2D eigenvalue weighted by Gasteiger charge is 1.98. The lowest BCUT2D eigenvalue weighted by Gasteiger charge is -2.04. The van der Waals surface area contributed by atoms with Gasteiger partial charge >= 0.3 is 0 Å². The molecule has 0 nitrogen and oxygen atoms in total. The average Bonchev–Trinajstić information content (AvgIpc) is 2.04. The predicted octanol–water partition coefficient (Wildman–Crippen LogP) is 4.08. The molecule has 0 spiro atoms. The Balaban J connectivity index is 2.89. The van der Waals surface area contributed by atoms with E-state index in [1.165, 1.54) is 37.9 Å². The van der Waals surface area contributed by atoms with Crippen LogP contribution in [0.25, 0.3) is 0 Å². The van der Waals surface area contributed by atoms with Crippen LogP contribution in [0.1, 0.15) is 39.0 Å². The van der Waals surface area contributed by atoms with Crippen LogP contribution in [0.3, 0.4) is 0 Å². The van der Waals surface area contributed by atoms with Crippen LogP contribution in [0, 0.1) is 0 Å². The average molecular weight is 239 g/mol. The maximum atomic E-state index is 3.64. The van der Waals surface area contributed by atoms with Crippen molar-refractivity contribution in [2.45, 2.75) is 43.9 Å². The van der Waals surface area contributed by atoms with Crippen LogP contribution in [0.4, 0.5) is 0 Å². The Morgan fingerprint density at radius 3 is 2.55 bits per heavy atom. The molecule has 0 aliphatic carbocycles. The van der Waals surface area contributed by atoms with E-state index in [2.05, 4.69) is 29.1 Å². The zero-order valence-corrected chi connectivity index (χ0v) is 10.0. The zero-order valence-electron chi connectivity index (χ0n) is 7.61. The maximum absolute atomic E-state index is 3.64. The highest BCUT2D eigenvalue weighted by atomic mass is 79.9. The van der Waals surface area contributed by atoms with E-state index in [9.17, 15) is 0 Å². The van der Waals surface area contributed by atoms with Gasteiger partial charge in [0.05, 0.1) is 0 Å². The molecule has 0 radical (unpaired) electrons. The standard InChI is InChI=1S/C9H19BrS/c1-3-9(10)7-5-4-6-8-11-2/h9H,3-8H2,1-2H3. The number of halogens is 1. The Bertz CT molecular complexity index is 76.0. The first kappa shape index (κ1) is 11.8. The van der Waals surface area contributed by atoms with E-state index in [0.717, 1.165) is 4.83 Å². The van der Waals surface area contributed by atoms with E-state index in [4.69, 9.17) is 0 Å². The van der Waals surface area contributed by atoms with Gasteiger partial charge in [-0.1, -0.05) is 35.7 Å². The molecular weight excluding hydrogens is 220 g/mol. The van der Waals surface area contributed by atoms with Crippen molar-refractivity contribution in [3.63, 3.8) is 0 Å². The van der Waals surface area contributed by atoms with Crippen molar-refractivity contribution in [2.75, 3.05) is 12.0 Å². The number of rotatable bonds is 7. The van der Waals surface area contributed by atoms with Gasteiger partial charge < -0.3 is 0 Å². The molecule has 0 aromatic rings. The molecule has 1 unspecified atom stereocenters. The number of hydrogen-bond donors (Lipinski definition) is 0. The van der Waals surface area contributed by atoms with Crippen LogP contribution in [-0.4, -0.2) is 16.8 Å². The molecule has 0 aliphatic heterocycles. The first-order valence-electron chi connectivity index (χ1n) is 4.44. The summed E-state index contributed by atoms with van der Waals surface area (Å²) in [5.74, 6) is 1.33. The van der Waals surface area contributed by atoms with Crippen LogP contribution >= 0.6 is 27.7 Å². The molecule has 11 heavy (non-hydrogen) atoms. The number of hydrogen-bond acceptors (Lipinski definition) is 1. The fraction of sp³-hybridized carbons (Fsp3) is 1.00. The van der Waals surface area contributed by atoms with Crippen molar-refractivity contribution in [1.82, 2.24) is 0 Å². The van der Waals surface area contributed by atoms with Gasteiger partial charge in [-0.05, 0) is 31.3 Å². The lowest BCUT2D eigenvalue weighted by atomic mass is 10.1. The Morgan fingerprint density at radius 1 is 1.27 bits per heavy atom. The molecule has 68 valence electrons. The lowest BCUT2D eigenvalue weighted by Crippen LogP contribution is -1.94. The summed E-state index contributed by atoms with van der Waals surface area (Å²) in [5, 5.41) is 0. The van der Waals surface area contributed by atoms with Gasteiger partial charge in [0.2, 0.25) is 0 Å². The first-order chi connectivity index (χ1) is 5.31. The summed E-state index contributed by atoms with van der Waals surface area (Å²) >= 11 is 5.60. The van der Waals surface area contributed by atoms with Crippen LogP contribution in [0.5, 0.6) is 0 Å². The fourth-order valence-corrected chi connectivity index (χ4v) is 1.81. The minimum Gasteiger partial charge on any atom is -0.165 e. The summed E-state index contributed by atoms with van der Waals surface area (Å²) in [6, 6.07) is 0. The minimum atomic E-state index is 0.761. The van der Waals surface area contributed by atoms with Crippen molar-refractivity contribution >= 4 is 27.7 Å². The molecule has 2 heteroatoms. The molecule has 0 saturated heterocycles. The highest BCUT2D eigenvalue weighted by Crippen LogP contribution is 2.14. The van der Waals surface area contributed by atoms with Gasteiger partial charge in [0.1, 0.15) is 0 Å². The Labute approximate surface area is 83.6 Å². The first-order valence-corrected chi connectivity index (χ1v) is 6.75. The summed E-state index contributed by atoms with van der Waals surface area (Å²) in [4.78, 5) is 0.761. The van der Waals surface area contributed by atoms with Gasteiger partial charge in [-0.15, -0.1) is 0 Å². The second-order valence-corrected chi connectivity index (χ2v) is 5.13. The third kappa shape index (κ3) is 8.74. The van der Waals surface area contributed by atoms with Crippen molar-refractivity contribution in [2.24, 2.45) is 0 Å². The topological polar surface area (TPSA) is 0 Å². The van der Waals surface area contributed by atoms with Crippen molar-refractivity contribution in [3.05, 3.63) is 0 Å². The van der Waals surface area contributed by atoms with Gasteiger partial charge in [0.15, 0.2) is 0 Å². The van der Waals surface area contributed by atoms with Gasteiger partial charge in [-0.3, -0.25) is 0 Å². The lowest BCUT2D eigenvalue weighted by molar-refractivity contribution is 0.644. The predicted molar refractivity (Wildman–Crippen MR) is 59.9 cm³/mol. The Kier molecular flexibility index (Phi) is 9.60. The molecule has 0 heterocycles. The summed E-state index contributed by atoms with van der Waals surface area (Å²) < 4.78 is 0. The van der Waals surface area contributed by atoms with E-state index < -0.39 is 0 Å². The maximum Gasteiger partial charge on any atom is 0.0143 e. The van der Waals surface area contributed by atoms with E-state index in [1.807, 2.05) is 11.8 Å². The zero-order chi connectivity index (χ0) is 8.53. The number of alkyl halides is 1. The van der Waals surface area contributed by atoms with Crippen molar-refractivity contribution in [1.29, 1.82) is 0 Å². The minimum absolute atomic E-state index is 0.761. The molecule has 0 aromatic carbocycles. The quantitative estimate of drug-likeness (QED) is 0.476. The number of unbranched alkanes of at least 4 members (excludes halogenated alkanes) is 2. The molecule has 0 aliphatic rings. The van der Waals surface area contributed by atoms with Crippen molar-refractivity contribution in [3.8, 4) is 0 Å². The molecule has 0 aromatic heterocycles. The van der Waals surface area contributed by atoms with Gasteiger partial charge in [-0.2, -0.15) is 11.8 Å². The summed E-state index contributed by atoms with van der Waals surface area (Å²) in [6.45, 7) is 2.24.